The second-order valence-electron chi connectivity index (χ2n) is 6.82. The van der Waals surface area contributed by atoms with E-state index in [1.807, 2.05) is 30.3 Å². The van der Waals surface area contributed by atoms with Crippen molar-refractivity contribution in [3.05, 3.63) is 59.9 Å². The highest BCUT2D eigenvalue weighted by atomic mass is 19.1. The lowest BCUT2D eigenvalue weighted by molar-refractivity contribution is -0.149. The number of carbonyl (C=O) groups is 1. The van der Waals surface area contributed by atoms with Crippen molar-refractivity contribution in [2.45, 2.75) is 32.6 Å². The summed E-state index contributed by atoms with van der Waals surface area (Å²) in [5.41, 5.74) is 2.70. The number of benzene rings is 2. The van der Waals surface area contributed by atoms with Gasteiger partial charge in [-0.05, 0) is 55.4 Å². The Morgan fingerprint density at radius 1 is 1.21 bits per heavy atom. The molecule has 0 radical (unpaired) electrons. The Bertz CT molecular complexity index is 754. The zero-order chi connectivity index (χ0) is 20.5. The zero-order valence-corrected chi connectivity index (χ0v) is 16.3. The molecule has 3 N–H and O–H groups in total. The number of esters is 1. The molecule has 5 nitrogen and oxygen atoms in total. The molecule has 0 saturated carbocycles. The van der Waals surface area contributed by atoms with E-state index in [2.05, 4.69) is 5.23 Å². The lowest BCUT2D eigenvalue weighted by atomic mass is 9.83. The van der Waals surface area contributed by atoms with Crippen LogP contribution in [0.15, 0.2) is 48.5 Å². The minimum atomic E-state index is -0.752. The van der Waals surface area contributed by atoms with Crippen LogP contribution >= 0.6 is 0 Å². The van der Waals surface area contributed by atoms with Crippen molar-refractivity contribution in [3.63, 3.8) is 0 Å². The summed E-state index contributed by atoms with van der Waals surface area (Å²) in [7, 11) is -0.752. The number of carbonyl (C=O) groups excluding carboxylic acids is 1. The zero-order valence-electron chi connectivity index (χ0n) is 16.3. The van der Waals surface area contributed by atoms with Crippen LogP contribution in [0, 0.1) is 11.7 Å². The Labute approximate surface area is 165 Å². The number of halogens is 1. The van der Waals surface area contributed by atoms with Gasteiger partial charge in [0.1, 0.15) is 5.82 Å². The van der Waals surface area contributed by atoms with Crippen molar-refractivity contribution in [1.82, 2.24) is 5.23 Å². The molecule has 0 bridgehead atoms. The van der Waals surface area contributed by atoms with Gasteiger partial charge in [-0.15, -0.1) is 0 Å². The van der Waals surface area contributed by atoms with Gasteiger partial charge in [0.25, 0.3) is 0 Å². The molecular weight excluding hydrogens is 360 g/mol. The Morgan fingerprint density at radius 3 is 2.50 bits per heavy atom. The highest BCUT2D eigenvalue weighted by Gasteiger charge is 2.25. The molecule has 0 heterocycles. The normalized spacial score (nSPS) is 13.0. The van der Waals surface area contributed by atoms with Gasteiger partial charge in [-0.25, -0.2) is 4.39 Å². The molecule has 0 spiro atoms. The molecule has 0 unspecified atom stereocenters. The van der Waals surface area contributed by atoms with Gasteiger partial charge in [0.2, 0.25) is 0 Å². The molecule has 0 fully saturated rings. The Balaban J connectivity index is 2.10. The summed E-state index contributed by atoms with van der Waals surface area (Å²) >= 11 is 0. The molecule has 2 aromatic carbocycles. The van der Waals surface area contributed by atoms with E-state index in [1.54, 1.807) is 19.8 Å². The van der Waals surface area contributed by atoms with Crippen LogP contribution < -0.4 is 5.23 Å². The van der Waals surface area contributed by atoms with Gasteiger partial charge in [-0.1, -0.05) is 36.4 Å². The maximum atomic E-state index is 13.4. The molecule has 0 saturated heterocycles. The first kappa shape index (κ1) is 22.1. The van der Waals surface area contributed by atoms with Crippen molar-refractivity contribution >= 4 is 13.0 Å². The molecule has 0 aliphatic rings. The van der Waals surface area contributed by atoms with E-state index in [-0.39, 0.29) is 25.1 Å². The maximum absolute atomic E-state index is 13.4. The second-order valence-corrected chi connectivity index (χ2v) is 6.82. The van der Waals surface area contributed by atoms with E-state index in [0.717, 1.165) is 16.7 Å². The molecule has 7 heteroatoms. The predicted molar refractivity (Wildman–Crippen MR) is 108 cm³/mol. The quantitative estimate of drug-likeness (QED) is 0.432. The van der Waals surface area contributed by atoms with Crippen LogP contribution in [-0.2, 0) is 16.0 Å². The number of rotatable bonds is 10. The number of hydrogen-bond donors (Lipinski definition) is 3. The molecule has 2 rings (SSSR count). The topological polar surface area (TPSA) is 78.8 Å². The van der Waals surface area contributed by atoms with E-state index in [9.17, 15) is 19.3 Å². The highest BCUT2D eigenvalue weighted by Crippen LogP contribution is 2.22. The fourth-order valence-corrected chi connectivity index (χ4v) is 3.19. The first-order chi connectivity index (χ1) is 13.4. The molecule has 0 amide bonds. The minimum Gasteiger partial charge on any atom is -0.466 e. The third-order valence-electron chi connectivity index (χ3n) is 4.48. The van der Waals surface area contributed by atoms with Crippen molar-refractivity contribution in [3.8, 4) is 11.1 Å². The largest absolute Gasteiger partial charge is 0.466 e. The van der Waals surface area contributed by atoms with Crippen molar-refractivity contribution in [2.75, 3.05) is 13.2 Å². The summed E-state index contributed by atoms with van der Waals surface area (Å²) < 4.78 is 18.4. The fourth-order valence-electron chi connectivity index (χ4n) is 3.19. The number of hydrogen-bond acceptors (Lipinski definition) is 5. The summed E-state index contributed by atoms with van der Waals surface area (Å²) in [6.07, 6.45) is 0.899. The smallest absolute Gasteiger partial charge is 0.373 e. The standard InChI is InChI=1S/C21H27BFNO4/c1-3-28-21(26)18(14-25)13-20(24-22(2)27)11-15-7-9-16(10-8-15)17-5-4-6-19(23)12-17/h4-10,12,18,20,24-25,27H,3,11,13-14H2,1-2H3/t18-,20-/m1/s1. The summed E-state index contributed by atoms with van der Waals surface area (Å²) in [5, 5.41) is 22.3. The third-order valence-corrected chi connectivity index (χ3v) is 4.48. The Hall–Kier alpha value is -2.22. The van der Waals surface area contributed by atoms with Crippen LogP contribution in [0.3, 0.4) is 0 Å². The summed E-state index contributed by atoms with van der Waals surface area (Å²) in [5.74, 6) is -1.37. The van der Waals surface area contributed by atoms with Gasteiger partial charge in [0.05, 0.1) is 19.1 Å². The molecule has 0 aliphatic heterocycles. The van der Waals surface area contributed by atoms with E-state index in [1.165, 1.54) is 12.1 Å². The number of aliphatic hydroxyl groups excluding tert-OH is 1. The van der Waals surface area contributed by atoms with Crippen LogP contribution in [-0.4, -0.2) is 42.4 Å². The second kappa shape index (κ2) is 10.9. The minimum absolute atomic E-state index is 0.221. The molecule has 150 valence electrons. The van der Waals surface area contributed by atoms with E-state index >= 15 is 0 Å². The average Bonchev–Trinajstić information content (AvgIpc) is 2.66. The summed E-state index contributed by atoms with van der Waals surface area (Å²) in [6.45, 7) is 3.27. The number of ether oxygens (including phenoxy) is 1. The van der Waals surface area contributed by atoms with Crippen molar-refractivity contribution < 1.29 is 24.1 Å². The lowest BCUT2D eigenvalue weighted by Crippen LogP contribution is -2.43. The first-order valence-electron chi connectivity index (χ1n) is 9.49. The van der Waals surface area contributed by atoms with Crippen LogP contribution in [0.4, 0.5) is 4.39 Å². The fraction of sp³-hybridized carbons (Fsp3) is 0.381. The van der Waals surface area contributed by atoms with E-state index in [4.69, 9.17) is 4.74 Å². The van der Waals surface area contributed by atoms with Crippen molar-refractivity contribution in [1.29, 1.82) is 0 Å². The summed E-state index contributed by atoms with van der Waals surface area (Å²) in [4.78, 5) is 12.0. The number of aliphatic hydroxyl groups is 1. The van der Waals surface area contributed by atoms with E-state index < -0.39 is 18.9 Å². The van der Waals surface area contributed by atoms with Gasteiger partial charge >= 0.3 is 13.0 Å². The summed E-state index contributed by atoms with van der Waals surface area (Å²) in [6, 6.07) is 13.9. The highest BCUT2D eigenvalue weighted by molar-refractivity contribution is 6.45. The van der Waals surface area contributed by atoms with Gasteiger partial charge in [-0.2, -0.15) is 0 Å². The Morgan fingerprint density at radius 2 is 1.93 bits per heavy atom. The lowest BCUT2D eigenvalue weighted by Gasteiger charge is -2.23. The molecule has 0 aliphatic carbocycles. The van der Waals surface area contributed by atoms with Crippen LogP contribution in [0.25, 0.3) is 11.1 Å². The van der Waals surface area contributed by atoms with Gasteiger partial charge in [-0.3, -0.25) is 4.79 Å². The van der Waals surface area contributed by atoms with Gasteiger partial charge in [0, 0.05) is 6.04 Å². The van der Waals surface area contributed by atoms with Gasteiger partial charge < -0.3 is 20.1 Å². The van der Waals surface area contributed by atoms with E-state index in [0.29, 0.717) is 12.8 Å². The molecule has 0 aromatic heterocycles. The Kier molecular flexibility index (Phi) is 8.63. The van der Waals surface area contributed by atoms with Crippen LogP contribution in [0.1, 0.15) is 18.9 Å². The maximum Gasteiger partial charge on any atom is 0.373 e. The average molecular weight is 387 g/mol. The molecule has 2 aromatic rings. The predicted octanol–water partition coefficient (Wildman–Crippen LogP) is 2.67. The number of nitrogens with one attached hydrogen (secondary N) is 1. The van der Waals surface area contributed by atoms with Crippen LogP contribution in [0.5, 0.6) is 0 Å². The monoisotopic (exact) mass is 387 g/mol. The van der Waals surface area contributed by atoms with Crippen molar-refractivity contribution in [2.24, 2.45) is 5.92 Å². The SMILES string of the molecule is CCOC(=O)[C@@H](CO)C[C@@H](Cc1ccc(-c2cccc(F)c2)cc1)NB(C)O. The molecule has 28 heavy (non-hydrogen) atoms. The van der Waals surface area contributed by atoms with Gasteiger partial charge in [0.15, 0.2) is 0 Å². The third kappa shape index (κ3) is 6.75. The van der Waals surface area contributed by atoms with Crippen LogP contribution in [0.2, 0.25) is 6.82 Å². The molecule has 2 atom stereocenters. The first-order valence-corrected chi connectivity index (χ1v) is 9.49. The molecular formula is C21H27BFNO4.